The Morgan fingerprint density at radius 1 is 1.00 bits per heavy atom. The molecule has 9 nitrogen and oxygen atoms in total. The minimum Gasteiger partial charge on any atom is -0.453 e. The molecule has 0 atom stereocenters. The molecule has 3 aromatic rings. The molecule has 0 bridgehead atoms. The van der Waals surface area contributed by atoms with E-state index in [-0.39, 0.29) is 11.8 Å². The maximum absolute atomic E-state index is 12.8. The third-order valence-electron chi connectivity index (χ3n) is 4.78. The summed E-state index contributed by atoms with van der Waals surface area (Å²) < 4.78 is 4.64. The molecule has 3 rings (SSSR count). The average Bonchev–Trinajstić information content (AvgIpc) is 2.85. The van der Waals surface area contributed by atoms with E-state index in [0.29, 0.717) is 45.5 Å². The Labute approximate surface area is 215 Å². The molecule has 0 saturated carbocycles. The predicted octanol–water partition coefficient (Wildman–Crippen LogP) is 5.73. The van der Waals surface area contributed by atoms with Gasteiger partial charge in [0, 0.05) is 41.0 Å². The Morgan fingerprint density at radius 3 is 2.54 bits per heavy atom. The molecule has 0 aliphatic carbocycles. The summed E-state index contributed by atoms with van der Waals surface area (Å²) in [4.78, 5) is 45.4. The van der Waals surface area contributed by atoms with Gasteiger partial charge in [-0.2, -0.15) is 0 Å². The first-order valence-electron chi connectivity index (χ1n) is 10.6. The molecule has 2 aromatic heterocycles. The molecule has 3 N–H and O–H groups in total. The summed E-state index contributed by atoms with van der Waals surface area (Å²) in [6.45, 7) is 0. The zero-order valence-electron chi connectivity index (χ0n) is 18.8. The van der Waals surface area contributed by atoms with Crippen LogP contribution in [0.1, 0.15) is 29.6 Å². The van der Waals surface area contributed by atoms with Crippen LogP contribution >= 0.6 is 27.5 Å². The van der Waals surface area contributed by atoms with Crippen LogP contribution in [0.3, 0.4) is 0 Å². The second-order valence-electron chi connectivity index (χ2n) is 7.32. The van der Waals surface area contributed by atoms with Crippen LogP contribution in [0.15, 0.2) is 54.9 Å². The number of pyridine rings is 2. The van der Waals surface area contributed by atoms with Crippen molar-refractivity contribution in [2.75, 3.05) is 28.4 Å². The molecule has 182 valence electrons. The molecule has 0 saturated heterocycles. The lowest BCUT2D eigenvalue weighted by atomic mass is 10.1. The number of methoxy groups -OCH3 is 1. The second-order valence-corrected chi connectivity index (χ2v) is 8.55. The number of hydrogen-bond donors (Lipinski definition) is 3. The van der Waals surface area contributed by atoms with Crippen LogP contribution in [0.2, 0.25) is 5.02 Å². The van der Waals surface area contributed by atoms with Crippen molar-refractivity contribution in [3.8, 4) is 11.3 Å². The van der Waals surface area contributed by atoms with Gasteiger partial charge in [0.25, 0.3) is 5.91 Å². The van der Waals surface area contributed by atoms with Crippen LogP contribution in [0.5, 0.6) is 0 Å². The van der Waals surface area contributed by atoms with Crippen molar-refractivity contribution in [3.05, 3.63) is 65.4 Å². The summed E-state index contributed by atoms with van der Waals surface area (Å²) in [5.74, 6) is -0.203. The minimum atomic E-state index is -0.639. The number of hydrogen-bond acceptors (Lipinski definition) is 6. The molecule has 0 aliphatic heterocycles. The third kappa shape index (κ3) is 7.76. The molecule has 3 amide bonds. The number of aromatic nitrogens is 2. The highest BCUT2D eigenvalue weighted by atomic mass is 79.9. The van der Waals surface area contributed by atoms with Crippen LogP contribution < -0.4 is 16.0 Å². The number of amides is 3. The van der Waals surface area contributed by atoms with Gasteiger partial charge in [-0.05, 0) is 55.3 Å². The first-order valence-corrected chi connectivity index (χ1v) is 12.1. The standard InChI is InChI=1S/C24H23BrClN5O4/c1-35-24(34)29-17-6-7-18(20(13-17)30-22(32)4-2-3-10-25)19-12-15(9-11-27-19)23(33)31-21-8-5-16(26)14-28-21/h5-9,11-14H,2-4,10H2,1H3,(H,29,34)(H,30,32)(H,28,31,33). The molecular weight excluding hydrogens is 538 g/mol. The number of ether oxygens (including phenoxy) is 1. The summed E-state index contributed by atoms with van der Waals surface area (Å²) in [5.41, 5.74) is 2.25. The van der Waals surface area contributed by atoms with Crippen LogP contribution in [0, 0.1) is 0 Å². The van der Waals surface area contributed by atoms with Gasteiger partial charge in [0.1, 0.15) is 5.82 Å². The molecule has 0 aliphatic rings. The van der Waals surface area contributed by atoms with Crippen molar-refractivity contribution in [3.63, 3.8) is 0 Å². The minimum absolute atomic E-state index is 0.176. The van der Waals surface area contributed by atoms with Gasteiger partial charge in [-0.15, -0.1) is 0 Å². The SMILES string of the molecule is COC(=O)Nc1ccc(-c2cc(C(=O)Nc3ccc(Cl)cn3)ccn2)c(NC(=O)CCCCBr)c1. The smallest absolute Gasteiger partial charge is 0.411 e. The summed E-state index contributed by atoms with van der Waals surface area (Å²) in [7, 11) is 1.26. The fourth-order valence-corrected chi connectivity index (χ4v) is 3.58. The highest BCUT2D eigenvalue weighted by molar-refractivity contribution is 9.09. The number of nitrogens with one attached hydrogen (secondary N) is 3. The lowest BCUT2D eigenvalue weighted by molar-refractivity contribution is -0.116. The number of benzene rings is 1. The zero-order chi connectivity index (χ0) is 25.2. The van der Waals surface area contributed by atoms with Gasteiger partial charge in [0.2, 0.25) is 5.91 Å². The van der Waals surface area contributed by atoms with E-state index >= 15 is 0 Å². The van der Waals surface area contributed by atoms with E-state index < -0.39 is 6.09 Å². The maximum Gasteiger partial charge on any atom is 0.411 e. The summed E-state index contributed by atoms with van der Waals surface area (Å²) >= 11 is 9.20. The van der Waals surface area contributed by atoms with Crippen LogP contribution in [-0.2, 0) is 9.53 Å². The summed E-state index contributed by atoms with van der Waals surface area (Å²) in [5, 5.41) is 9.44. The van der Waals surface area contributed by atoms with Gasteiger partial charge in [0.15, 0.2) is 0 Å². The normalized spacial score (nSPS) is 10.4. The third-order valence-corrected chi connectivity index (χ3v) is 5.56. The van der Waals surface area contributed by atoms with Crippen LogP contribution in [-0.4, -0.2) is 40.3 Å². The van der Waals surface area contributed by atoms with Crippen molar-refractivity contribution < 1.29 is 19.1 Å². The van der Waals surface area contributed by atoms with Gasteiger partial charge < -0.3 is 15.4 Å². The van der Waals surface area contributed by atoms with Gasteiger partial charge >= 0.3 is 6.09 Å². The number of nitrogens with zero attached hydrogens (tertiary/aromatic N) is 2. The Kier molecular flexibility index (Phi) is 9.56. The summed E-state index contributed by atoms with van der Waals surface area (Å²) in [6, 6.07) is 11.4. The molecular formula is C24H23BrClN5O4. The van der Waals surface area contributed by atoms with Crippen LogP contribution in [0.4, 0.5) is 22.0 Å². The zero-order valence-corrected chi connectivity index (χ0v) is 21.1. The fraction of sp³-hybridized carbons (Fsp3) is 0.208. The first-order chi connectivity index (χ1) is 16.9. The second kappa shape index (κ2) is 12.8. The lowest BCUT2D eigenvalue weighted by Crippen LogP contribution is -2.15. The monoisotopic (exact) mass is 559 g/mol. The number of alkyl halides is 1. The van der Waals surface area contributed by atoms with Crippen molar-refractivity contribution in [2.45, 2.75) is 19.3 Å². The van der Waals surface area contributed by atoms with Crippen molar-refractivity contribution in [1.82, 2.24) is 9.97 Å². The largest absolute Gasteiger partial charge is 0.453 e. The Hall–Kier alpha value is -3.50. The van der Waals surface area contributed by atoms with Gasteiger partial charge in [-0.1, -0.05) is 27.5 Å². The molecule has 35 heavy (non-hydrogen) atoms. The van der Waals surface area contributed by atoms with Crippen molar-refractivity contribution in [2.24, 2.45) is 0 Å². The molecule has 2 heterocycles. The quantitative estimate of drug-likeness (QED) is 0.227. The topological polar surface area (TPSA) is 122 Å². The summed E-state index contributed by atoms with van der Waals surface area (Å²) in [6.07, 6.45) is 4.22. The number of carbonyl (C=O) groups is 3. The molecule has 1 aromatic carbocycles. The van der Waals surface area contributed by atoms with E-state index in [1.54, 1.807) is 42.5 Å². The fourth-order valence-electron chi connectivity index (χ4n) is 3.07. The van der Waals surface area contributed by atoms with Gasteiger partial charge in [0.05, 0.1) is 23.5 Å². The van der Waals surface area contributed by atoms with Crippen LogP contribution in [0.25, 0.3) is 11.3 Å². The predicted molar refractivity (Wildman–Crippen MR) is 139 cm³/mol. The molecule has 0 radical (unpaired) electrons. The molecule has 11 heteroatoms. The van der Waals surface area contributed by atoms with E-state index in [1.165, 1.54) is 19.5 Å². The van der Waals surface area contributed by atoms with E-state index in [1.807, 2.05) is 0 Å². The van der Waals surface area contributed by atoms with Crippen molar-refractivity contribution >= 4 is 62.6 Å². The molecule has 0 unspecified atom stereocenters. The number of rotatable bonds is 9. The average molecular weight is 561 g/mol. The van der Waals surface area contributed by atoms with Gasteiger partial charge in [-0.25, -0.2) is 9.78 Å². The lowest BCUT2D eigenvalue weighted by Gasteiger charge is -2.14. The van der Waals surface area contributed by atoms with E-state index in [2.05, 4.69) is 46.6 Å². The Bertz CT molecular complexity index is 1210. The highest BCUT2D eigenvalue weighted by Crippen LogP contribution is 2.30. The first kappa shape index (κ1) is 26.1. The van der Waals surface area contributed by atoms with E-state index in [0.717, 1.165) is 18.2 Å². The number of anilines is 3. The maximum atomic E-state index is 12.8. The Morgan fingerprint density at radius 2 is 1.83 bits per heavy atom. The van der Waals surface area contributed by atoms with E-state index in [9.17, 15) is 14.4 Å². The molecule has 0 spiro atoms. The van der Waals surface area contributed by atoms with Gasteiger partial charge in [-0.3, -0.25) is 19.9 Å². The Balaban J connectivity index is 1.88. The molecule has 0 fully saturated rings. The highest BCUT2D eigenvalue weighted by Gasteiger charge is 2.15. The van der Waals surface area contributed by atoms with Crippen molar-refractivity contribution in [1.29, 1.82) is 0 Å². The van der Waals surface area contributed by atoms with E-state index in [4.69, 9.17) is 11.6 Å². The number of carbonyl (C=O) groups excluding carboxylic acids is 3. The number of unbranched alkanes of at least 4 members (excludes halogenated alkanes) is 1. The number of halogens is 2.